The van der Waals surface area contributed by atoms with Gasteiger partial charge < -0.3 is 26.4 Å². The number of methoxy groups -OCH3 is 1. The van der Waals surface area contributed by atoms with E-state index in [4.69, 9.17) is 16.2 Å². The highest BCUT2D eigenvalue weighted by atomic mass is 16.5. The number of aliphatic hydroxyl groups excluding tert-OH is 2. The van der Waals surface area contributed by atoms with Crippen LogP contribution in [-0.2, 0) is 0 Å². The van der Waals surface area contributed by atoms with Gasteiger partial charge in [0.2, 0.25) is 5.88 Å². The molecule has 0 radical (unpaired) electrons. The van der Waals surface area contributed by atoms with Crippen LogP contribution in [-0.4, -0.2) is 35.0 Å². The Morgan fingerprint density at radius 1 is 1.44 bits per heavy atom. The Morgan fingerprint density at radius 2 is 2.12 bits per heavy atom. The molecule has 90 valence electrons. The molecule has 6 heteroatoms. The first-order valence-corrected chi connectivity index (χ1v) is 4.96. The first-order chi connectivity index (χ1) is 7.60. The van der Waals surface area contributed by atoms with Crippen molar-refractivity contribution in [2.45, 2.75) is 18.6 Å². The molecular weight excluding hydrogens is 210 g/mol. The van der Waals surface area contributed by atoms with Crippen molar-refractivity contribution in [3.05, 3.63) is 17.8 Å². The summed E-state index contributed by atoms with van der Waals surface area (Å²) in [4.78, 5) is 4.00. The summed E-state index contributed by atoms with van der Waals surface area (Å²) in [5.74, 6) is 0.233. The Bertz CT molecular complexity index is 346. The largest absolute Gasteiger partial charge is 0.480 e. The topological polar surface area (TPSA) is 115 Å². The third-order valence-corrected chi connectivity index (χ3v) is 2.23. The van der Waals surface area contributed by atoms with E-state index in [1.165, 1.54) is 7.11 Å². The molecule has 1 aromatic rings. The number of nitrogen functional groups attached to an aromatic ring is 1. The van der Waals surface area contributed by atoms with Crippen molar-refractivity contribution in [2.24, 2.45) is 5.73 Å². The summed E-state index contributed by atoms with van der Waals surface area (Å²) in [6.45, 7) is 0.296. The standard InChI is InChI=1S/C10H17N3O3/c1-16-10-6(12)2-3-7(13-10)9(15)8(14)4-5-11/h2-3,8-9,14-15H,4-5,11-12H2,1H3. The van der Waals surface area contributed by atoms with Gasteiger partial charge in [0.25, 0.3) is 0 Å². The fourth-order valence-corrected chi connectivity index (χ4v) is 1.32. The molecule has 1 heterocycles. The summed E-state index contributed by atoms with van der Waals surface area (Å²) in [5.41, 5.74) is 11.6. The zero-order chi connectivity index (χ0) is 12.1. The van der Waals surface area contributed by atoms with Crippen LogP contribution >= 0.6 is 0 Å². The molecular formula is C10H17N3O3. The zero-order valence-electron chi connectivity index (χ0n) is 9.13. The highest BCUT2D eigenvalue weighted by Gasteiger charge is 2.19. The molecule has 16 heavy (non-hydrogen) atoms. The fraction of sp³-hybridized carbons (Fsp3) is 0.500. The lowest BCUT2D eigenvalue weighted by Gasteiger charge is -2.17. The predicted molar refractivity (Wildman–Crippen MR) is 59.8 cm³/mol. The van der Waals surface area contributed by atoms with E-state index in [9.17, 15) is 10.2 Å². The van der Waals surface area contributed by atoms with Crippen LogP contribution in [0.4, 0.5) is 5.69 Å². The van der Waals surface area contributed by atoms with E-state index in [1.54, 1.807) is 12.1 Å². The Labute approximate surface area is 93.9 Å². The highest BCUT2D eigenvalue weighted by Crippen LogP contribution is 2.23. The minimum absolute atomic E-state index is 0.233. The van der Waals surface area contributed by atoms with E-state index in [1.807, 2.05) is 0 Å². The monoisotopic (exact) mass is 227 g/mol. The van der Waals surface area contributed by atoms with E-state index >= 15 is 0 Å². The third-order valence-electron chi connectivity index (χ3n) is 2.23. The predicted octanol–water partition coefficient (Wildman–Crippen LogP) is -0.584. The molecule has 1 aromatic heterocycles. The number of hydrogen-bond acceptors (Lipinski definition) is 6. The molecule has 2 unspecified atom stereocenters. The summed E-state index contributed by atoms with van der Waals surface area (Å²) < 4.78 is 4.92. The van der Waals surface area contributed by atoms with Crippen molar-refractivity contribution in [1.82, 2.24) is 4.98 Å². The second kappa shape index (κ2) is 5.64. The number of pyridine rings is 1. The molecule has 6 N–H and O–H groups in total. The fourth-order valence-electron chi connectivity index (χ4n) is 1.32. The number of ether oxygens (including phenoxy) is 1. The van der Waals surface area contributed by atoms with Gasteiger partial charge in [0.05, 0.1) is 24.6 Å². The molecule has 0 aliphatic carbocycles. The number of nitrogens with two attached hydrogens (primary N) is 2. The molecule has 0 fully saturated rings. The van der Waals surface area contributed by atoms with Gasteiger partial charge in [0.15, 0.2) is 0 Å². The third kappa shape index (κ3) is 2.82. The number of nitrogens with zero attached hydrogens (tertiary/aromatic N) is 1. The van der Waals surface area contributed by atoms with Gasteiger partial charge in [-0.25, -0.2) is 4.98 Å². The van der Waals surface area contributed by atoms with Gasteiger partial charge in [-0.3, -0.25) is 0 Å². The van der Waals surface area contributed by atoms with Crippen molar-refractivity contribution in [1.29, 1.82) is 0 Å². The zero-order valence-corrected chi connectivity index (χ0v) is 9.13. The van der Waals surface area contributed by atoms with Gasteiger partial charge in [-0.2, -0.15) is 0 Å². The number of aromatic nitrogens is 1. The Hall–Kier alpha value is -1.37. The Kier molecular flexibility index (Phi) is 4.48. The molecule has 0 saturated heterocycles. The van der Waals surface area contributed by atoms with E-state index in [-0.39, 0.29) is 5.88 Å². The van der Waals surface area contributed by atoms with Crippen molar-refractivity contribution in [2.75, 3.05) is 19.4 Å². The van der Waals surface area contributed by atoms with E-state index < -0.39 is 12.2 Å². The van der Waals surface area contributed by atoms with Crippen LogP contribution in [0.5, 0.6) is 5.88 Å². The number of rotatable bonds is 5. The minimum atomic E-state index is -1.09. The lowest BCUT2D eigenvalue weighted by molar-refractivity contribution is 0.0122. The number of aliphatic hydroxyl groups is 2. The van der Waals surface area contributed by atoms with Gasteiger partial charge >= 0.3 is 0 Å². The molecule has 0 aromatic carbocycles. The van der Waals surface area contributed by atoms with Crippen LogP contribution in [0.2, 0.25) is 0 Å². The SMILES string of the molecule is COc1nc(C(O)C(O)CCN)ccc1N. The van der Waals surface area contributed by atoms with Crippen molar-refractivity contribution in [3.63, 3.8) is 0 Å². The van der Waals surface area contributed by atoms with Crippen molar-refractivity contribution < 1.29 is 14.9 Å². The molecule has 0 aliphatic heterocycles. The second-order valence-corrected chi connectivity index (χ2v) is 3.42. The van der Waals surface area contributed by atoms with Crippen LogP contribution < -0.4 is 16.2 Å². The van der Waals surface area contributed by atoms with Gasteiger partial charge in [-0.15, -0.1) is 0 Å². The molecule has 1 rings (SSSR count). The van der Waals surface area contributed by atoms with Crippen LogP contribution in [0.1, 0.15) is 18.2 Å². The summed E-state index contributed by atoms with van der Waals surface area (Å²) in [5, 5.41) is 19.3. The first kappa shape index (κ1) is 12.7. The first-order valence-electron chi connectivity index (χ1n) is 4.96. The van der Waals surface area contributed by atoms with E-state index in [0.717, 1.165) is 0 Å². The number of hydrogen-bond donors (Lipinski definition) is 4. The molecule has 0 aliphatic rings. The molecule has 0 spiro atoms. The molecule has 0 amide bonds. The second-order valence-electron chi connectivity index (χ2n) is 3.42. The van der Waals surface area contributed by atoms with Gasteiger partial charge in [0, 0.05) is 0 Å². The smallest absolute Gasteiger partial charge is 0.237 e. The lowest BCUT2D eigenvalue weighted by atomic mass is 10.1. The van der Waals surface area contributed by atoms with Crippen LogP contribution in [0, 0.1) is 0 Å². The Balaban J connectivity index is 2.87. The van der Waals surface area contributed by atoms with Crippen LogP contribution in [0.25, 0.3) is 0 Å². The molecule has 6 nitrogen and oxygen atoms in total. The summed E-state index contributed by atoms with van der Waals surface area (Å²) in [6, 6.07) is 3.11. The maximum Gasteiger partial charge on any atom is 0.237 e. The Morgan fingerprint density at radius 3 is 2.69 bits per heavy atom. The van der Waals surface area contributed by atoms with E-state index in [2.05, 4.69) is 4.98 Å². The molecule has 2 atom stereocenters. The maximum absolute atomic E-state index is 9.77. The number of anilines is 1. The van der Waals surface area contributed by atoms with Gasteiger partial charge in [-0.05, 0) is 25.1 Å². The van der Waals surface area contributed by atoms with Crippen LogP contribution in [0.3, 0.4) is 0 Å². The quantitative estimate of drug-likeness (QED) is 0.535. The average Bonchev–Trinajstić information content (AvgIpc) is 2.29. The normalized spacial score (nSPS) is 14.5. The van der Waals surface area contributed by atoms with Crippen molar-refractivity contribution >= 4 is 5.69 Å². The van der Waals surface area contributed by atoms with Gasteiger partial charge in [-0.1, -0.05) is 0 Å². The molecule has 0 bridgehead atoms. The van der Waals surface area contributed by atoms with Crippen molar-refractivity contribution in [3.8, 4) is 5.88 Å². The van der Waals surface area contributed by atoms with E-state index in [0.29, 0.717) is 24.3 Å². The minimum Gasteiger partial charge on any atom is -0.480 e. The summed E-state index contributed by atoms with van der Waals surface area (Å²) >= 11 is 0. The average molecular weight is 227 g/mol. The lowest BCUT2D eigenvalue weighted by Crippen LogP contribution is -2.22. The molecule has 0 saturated carbocycles. The summed E-state index contributed by atoms with van der Waals surface area (Å²) in [6.07, 6.45) is -1.72. The van der Waals surface area contributed by atoms with Gasteiger partial charge in [0.1, 0.15) is 6.10 Å². The maximum atomic E-state index is 9.77. The van der Waals surface area contributed by atoms with Crippen LogP contribution in [0.15, 0.2) is 12.1 Å². The summed E-state index contributed by atoms with van der Waals surface area (Å²) in [7, 11) is 1.44. The highest BCUT2D eigenvalue weighted by molar-refractivity contribution is 5.48.